The van der Waals surface area contributed by atoms with Gasteiger partial charge in [0.05, 0.1) is 35.4 Å². The molecular formula is C19H26N4O2. The summed E-state index contributed by atoms with van der Waals surface area (Å²) in [4.78, 5) is 14.7. The summed E-state index contributed by atoms with van der Waals surface area (Å²) < 4.78 is 7.27. The zero-order valence-electron chi connectivity index (χ0n) is 15.5. The van der Waals surface area contributed by atoms with E-state index in [-0.39, 0.29) is 18.1 Å². The van der Waals surface area contributed by atoms with Crippen LogP contribution in [0.5, 0.6) is 0 Å². The molecule has 0 unspecified atom stereocenters. The third-order valence-electron chi connectivity index (χ3n) is 5.01. The standard InChI is InChI=1S/C19H26N4O2/c1-12-6-7-13(2)17(8-12)23-14(3)16(10-20-23)21-19(24)18-9-15(25-5)11-22(18)4/h6-8,10,15,18H,9,11H2,1-5H3,(H,21,24)/t15-,18-/m0/s1. The van der Waals surface area contributed by atoms with Crippen molar-refractivity contribution in [2.75, 3.05) is 26.0 Å². The first kappa shape index (κ1) is 17.6. The van der Waals surface area contributed by atoms with Gasteiger partial charge in [-0.05, 0) is 51.4 Å². The van der Waals surface area contributed by atoms with Crippen LogP contribution in [0.2, 0.25) is 0 Å². The fraction of sp³-hybridized carbons (Fsp3) is 0.474. The summed E-state index contributed by atoms with van der Waals surface area (Å²) in [5.74, 6) is -0.00864. The van der Waals surface area contributed by atoms with Crippen molar-refractivity contribution in [3.8, 4) is 5.69 Å². The summed E-state index contributed by atoms with van der Waals surface area (Å²) in [6, 6.07) is 6.10. The van der Waals surface area contributed by atoms with Crippen molar-refractivity contribution in [3.63, 3.8) is 0 Å². The Hall–Kier alpha value is -2.18. The van der Waals surface area contributed by atoms with Crippen LogP contribution in [0.1, 0.15) is 23.2 Å². The number of aryl methyl sites for hydroxylation is 2. The van der Waals surface area contributed by atoms with Crippen LogP contribution < -0.4 is 5.32 Å². The second-order valence-corrected chi connectivity index (χ2v) is 6.88. The SMILES string of the molecule is CO[C@H]1C[C@@H](C(=O)Nc2cnn(-c3cc(C)ccc3C)c2C)N(C)C1. The summed E-state index contributed by atoms with van der Waals surface area (Å²) in [6.45, 7) is 6.87. The Morgan fingerprint density at radius 1 is 1.32 bits per heavy atom. The van der Waals surface area contributed by atoms with E-state index in [1.54, 1.807) is 13.3 Å². The van der Waals surface area contributed by atoms with Crippen LogP contribution in [-0.4, -0.2) is 53.4 Å². The number of hydrogen-bond donors (Lipinski definition) is 1. The van der Waals surface area contributed by atoms with E-state index in [4.69, 9.17) is 4.74 Å². The molecule has 0 aliphatic carbocycles. The molecule has 1 saturated heterocycles. The van der Waals surface area contributed by atoms with E-state index in [0.29, 0.717) is 6.42 Å². The topological polar surface area (TPSA) is 59.4 Å². The molecular weight excluding hydrogens is 316 g/mol. The van der Waals surface area contributed by atoms with Gasteiger partial charge in [-0.3, -0.25) is 9.69 Å². The van der Waals surface area contributed by atoms with E-state index in [2.05, 4.69) is 42.5 Å². The maximum Gasteiger partial charge on any atom is 0.241 e. The monoisotopic (exact) mass is 342 g/mol. The van der Waals surface area contributed by atoms with Gasteiger partial charge in [0.2, 0.25) is 5.91 Å². The van der Waals surface area contributed by atoms with Crippen LogP contribution in [-0.2, 0) is 9.53 Å². The Bertz CT molecular complexity index is 784. The van der Waals surface area contributed by atoms with Gasteiger partial charge < -0.3 is 10.1 Å². The highest BCUT2D eigenvalue weighted by molar-refractivity contribution is 5.95. The number of nitrogens with one attached hydrogen (secondary N) is 1. The van der Waals surface area contributed by atoms with Crippen LogP contribution in [0, 0.1) is 20.8 Å². The fourth-order valence-electron chi connectivity index (χ4n) is 3.37. The second kappa shape index (κ2) is 6.98. The molecule has 2 heterocycles. The van der Waals surface area contributed by atoms with Crippen LogP contribution >= 0.6 is 0 Å². The lowest BCUT2D eigenvalue weighted by atomic mass is 10.1. The van der Waals surface area contributed by atoms with Crippen LogP contribution in [0.4, 0.5) is 5.69 Å². The first-order valence-electron chi connectivity index (χ1n) is 8.57. The number of carbonyl (C=O) groups excluding carboxylic acids is 1. The number of methoxy groups -OCH3 is 1. The van der Waals surface area contributed by atoms with E-state index in [0.717, 1.165) is 29.2 Å². The molecule has 6 nitrogen and oxygen atoms in total. The molecule has 1 aromatic heterocycles. The zero-order valence-corrected chi connectivity index (χ0v) is 15.5. The number of aromatic nitrogens is 2. The molecule has 2 atom stereocenters. The predicted molar refractivity (Wildman–Crippen MR) is 98.2 cm³/mol. The molecule has 134 valence electrons. The Kier molecular flexibility index (Phi) is 4.92. The molecule has 1 amide bonds. The number of ether oxygens (including phenoxy) is 1. The van der Waals surface area contributed by atoms with Gasteiger partial charge in [-0.25, -0.2) is 4.68 Å². The minimum Gasteiger partial charge on any atom is -0.380 e. The van der Waals surface area contributed by atoms with Crippen molar-refractivity contribution in [1.82, 2.24) is 14.7 Å². The van der Waals surface area contributed by atoms with Crippen molar-refractivity contribution < 1.29 is 9.53 Å². The smallest absolute Gasteiger partial charge is 0.241 e. The summed E-state index contributed by atoms with van der Waals surface area (Å²) in [5, 5.41) is 7.51. The van der Waals surface area contributed by atoms with Crippen molar-refractivity contribution in [3.05, 3.63) is 41.2 Å². The summed E-state index contributed by atoms with van der Waals surface area (Å²) >= 11 is 0. The van der Waals surface area contributed by atoms with Gasteiger partial charge in [0.25, 0.3) is 0 Å². The van der Waals surface area contributed by atoms with Crippen molar-refractivity contribution in [2.24, 2.45) is 0 Å². The number of likely N-dealkylation sites (N-methyl/N-ethyl adjacent to an activating group) is 1. The number of likely N-dealkylation sites (tertiary alicyclic amines) is 1. The Balaban J connectivity index is 1.80. The molecule has 0 spiro atoms. The molecule has 1 aliphatic rings. The maximum absolute atomic E-state index is 12.7. The molecule has 0 bridgehead atoms. The quantitative estimate of drug-likeness (QED) is 0.927. The van der Waals surface area contributed by atoms with Crippen molar-refractivity contribution in [1.29, 1.82) is 0 Å². The first-order valence-corrected chi connectivity index (χ1v) is 8.57. The molecule has 1 aliphatic heterocycles. The number of hydrogen-bond acceptors (Lipinski definition) is 4. The maximum atomic E-state index is 12.7. The Morgan fingerprint density at radius 2 is 2.08 bits per heavy atom. The third-order valence-corrected chi connectivity index (χ3v) is 5.01. The molecule has 1 fully saturated rings. The van der Waals surface area contributed by atoms with Crippen molar-refractivity contribution in [2.45, 2.75) is 39.3 Å². The minimum atomic E-state index is -0.173. The van der Waals surface area contributed by atoms with Crippen molar-refractivity contribution >= 4 is 11.6 Å². The number of benzene rings is 1. The average molecular weight is 342 g/mol. The van der Waals surface area contributed by atoms with Crippen LogP contribution in [0.15, 0.2) is 24.4 Å². The number of rotatable bonds is 4. The number of anilines is 1. The van der Waals surface area contributed by atoms with E-state index >= 15 is 0 Å². The average Bonchev–Trinajstić information content (AvgIpc) is 3.13. The summed E-state index contributed by atoms with van der Waals surface area (Å²) in [6.07, 6.45) is 2.54. The van der Waals surface area contributed by atoms with Gasteiger partial charge in [0, 0.05) is 13.7 Å². The van der Waals surface area contributed by atoms with Crippen LogP contribution in [0.3, 0.4) is 0 Å². The third kappa shape index (κ3) is 3.45. The molecule has 1 aromatic carbocycles. The van der Waals surface area contributed by atoms with E-state index in [9.17, 15) is 4.79 Å². The number of amides is 1. The van der Waals surface area contributed by atoms with Crippen LogP contribution in [0.25, 0.3) is 5.69 Å². The Labute approximate surface area is 148 Å². The molecule has 0 radical (unpaired) electrons. The van der Waals surface area contributed by atoms with Gasteiger partial charge >= 0.3 is 0 Å². The predicted octanol–water partition coefficient (Wildman–Crippen LogP) is 2.46. The van der Waals surface area contributed by atoms with E-state index in [1.807, 2.05) is 23.6 Å². The molecule has 0 saturated carbocycles. The molecule has 25 heavy (non-hydrogen) atoms. The van der Waals surface area contributed by atoms with Gasteiger partial charge in [0.1, 0.15) is 0 Å². The molecule has 3 rings (SSSR count). The number of carbonyl (C=O) groups is 1. The first-order chi connectivity index (χ1) is 11.9. The minimum absolute atomic E-state index is 0.00864. The molecule has 1 N–H and O–H groups in total. The lowest BCUT2D eigenvalue weighted by molar-refractivity contribution is -0.120. The van der Waals surface area contributed by atoms with E-state index < -0.39 is 0 Å². The van der Waals surface area contributed by atoms with Gasteiger partial charge in [-0.1, -0.05) is 12.1 Å². The zero-order chi connectivity index (χ0) is 18.1. The lowest BCUT2D eigenvalue weighted by Crippen LogP contribution is -2.37. The highest BCUT2D eigenvalue weighted by Gasteiger charge is 2.34. The molecule has 2 aromatic rings. The highest BCUT2D eigenvalue weighted by atomic mass is 16.5. The summed E-state index contributed by atoms with van der Waals surface area (Å²) in [5.41, 5.74) is 5.04. The fourth-order valence-corrected chi connectivity index (χ4v) is 3.37. The van der Waals surface area contributed by atoms with E-state index in [1.165, 1.54) is 5.56 Å². The molecule has 6 heteroatoms. The second-order valence-electron chi connectivity index (χ2n) is 6.88. The highest BCUT2D eigenvalue weighted by Crippen LogP contribution is 2.24. The Morgan fingerprint density at radius 3 is 2.76 bits per heavy atom. The lowest BCUT2D eigenvalue weighted by Gasteiger charge is -2.18. The van der Waals surface area contributed by atoms with Gasteiger partial charge in [-0.15, -0.1) is 0 Å². The number of nitrogens with zero attached hydrogens (tertiary/aromatic N) is 3. The van der Waals surface area contributed by atoms with Gasteiger partial charge in [0.15, 0.2) is 0 Å². The summed E-state index contributed by atoms with van der Waals surface area (Å²) in [7, 11) is 3.65. The largest absolute Gasteiger partial charge is 0.380 e. The van der Waals surface area contributed by atoms with Gasteiger partial charge in [-0.2, -0.15) is 5.10 Å². The normalized spacial score (nSPS) is 20.8.